The van der Waals surface area contributed by atoms with Crippen LogP contribution in [0.4, 0.5) is 5.69 Å². The highest BCUT2D eigenvalue weighted by Gasteiger charge is 2.34. The third-order valence-corrected chi connectivity index (χ3v) is 5.93. The van der Waals surface area contributed by atoms with Gasteiger partial charge in [-0.25, -0.2) is 0 Å². The topological polar surface area (TPSA) is 46.6 Å². The van der Waals surface area contributed by atoms with Crippen LogP contribution in [0.1, 0.15) is 30.5 Å². The van der Waals surface area contributed by atoms with Crippen LogP contribution >= 0.6 is 11.8 Å². The van der Waals surface area contributed by atoms with E-state index in [1.807, 2.05) is 57.2 Å². The van der Waals surface area contributed by atoms with Crippen LogP contribution in [0, 0.1) is 13.8 Å². The highest BCUT2D eigenvalue weighted by molar-refractivity contribution is 8.00. The molecule has 2 aromatic carbocycles. The molecule has 5 heteroatoms. The van der Waals surface area contributed by atoms with E-state index in [0.717, 1.165) is 28.1 Å². The molecule has 3 rings (SSSR count). The molecule has 0 aliphatic carbocycles. The number of ether oxygens (including phenoxy) is 1. The number of carbonyl (C=O) groups is 2. The predicted octanol–water partition coefficient (Wildman–Crippen LogP) is 4.31. The average molecular weight is 384 g/mol. The number of para-hydroxylation sites is 1. The van der Waals surface area contributed by atoms with Gasteiger partial charge < -0.3 is 9.64 Å². The highest BCUT2D eigenvalue weighted by Crippen LogP contribution is 2.32. The lowest BCUT2D eigenvalue weighted by Crippen LogP contribution is -2.43. The first kappa shape index (κ1) is 19.5. The maximum Gasteiger partial charge on any atom is 0.317 e. The quantitative estimate of drug-likeness (QED) is 0.570. The van der Waals surface area contributed by atoms with E-state index in [9.17, 15) is 9.59 Å². The van der Waals surface area contributed by atoms with Crippen LogP contribution in [0.25, 0.3) is 0 Å². The number of amides is 1. The molecule has 1 heterocycles. The maximum atomic E-state index is 12.9. The maximum absolute atomic E-state index is 12.9. The summed E-state index contributed by atoms with van der Waals surface area (Å²) < 4.78 is 5.42. The molecule has 0 N–H and O–H groups in total. The van der Waals surface area contributed by atoms with Gasteiger partial charge in [-0.15, -0.1) is 11.8 Å². The molecule has 0 saturated carbocycles. The summed E-state index contributed by atoms with van der Waals surface area (Å²) in [6.07, 6.45) is 0.0244. The molecule has 0 radical (unpaired) electrons. The van der Waals surface area contributed by atoms with E-state index in [-0.39, 0.29) is 23.7 Å². The summed E-state index contributed by atoms with van der Waals surface area (Å²) in [5, 5.41) is 0. The van der Waals surface area contributed by atoms with Gasteiger partial charge in [-0.1, -0.05) is 35.9 Å². The van der Waals surface area contributed by atoms with Gasteiger partial charge in [0.2, 0.25) is 0 Å². The van der Waals surface area contributed by atoms with Crippen molar-refractivity contribution in [2.24, 2.45) is 0 Å². The zero-order chi connectivity index (χ0) is 19.6. The van der Waals surface area contributed by atoms with Crippen molar-refractivity contribution in [3.05, 3.63) is 59.2 Å². The highest BCUT2D eigenvalue weighted by atomic mass is 32.2. The van der Waals surface area contributed by atoms with Crippen LogP contribution in [-0.4, -0.2) is 29.8 Å². The summed E-state index contributed by atoms with van der Waals surface area (Å²) in [4.78, 5) is 27.9. The van der Waals surface area contributed by atoms with Crippen molar-refractivity contribution in [1.82, 2.24) is 0 Å². The Bertz CT molecular complexity index is 864. The lowest BCUT2D eigenvalue weighted by atomic mass is 10.1. The zero-order valence-electron chi connectivity index (χ0n) is 16.2. The number of fused-ring (bicyclic) bond motifs is 1. The first-order valence-corrected chi connectivity index (χ1v) is 10.2. The largest absolute Gasteiger partial charge is 0.452 e. The van der Waals surface area contributed by atoms with Crippen molar-refractivity contribution in [1.29, 1.82) is 0 Å². The second-order valence-corrected chi connectivity index (χ2v) is 8.10. The van der Waals surface area contributed by atoms with Gasteiger partial charge >= 0.3 is 5.97 Å². The predicted molar refractivity (Wildman–Crippen MR) is 109 cm³/mol. The third-order valence-electron chi connectivity index (χ3n) is 4.78. The SMILES string of the molecule is Cc1ccc(SCC(=O)O[C@@H](C)C(=O)N2c3ccccc3C[C@@H]2C)c(C)c1. The van der Waals surface area contributed by atoms with Gasteiger partial charge in [0.05, 0.1) is 5.75 Å². The van der Waals surface area contributed by atoms with E-state index in [1.165, 1.54) is 17.3 Å². The van der Waals surface area contributed by atoms with Gasteiger partial charge in [-0.05, 0) is 57.4 Å². The van der Waals surface area contributed by atoms with Crippen molar-refractivity contribution in [3.8, 4) is 0 Å². The van der Waals surface area contributed by atoms with E-state index in [2.05, 4.69) is 6.07 Å². The minimum Gasteiger partial charge on any atom is -0.452 e. The van der Waals surface area contributed by atoms with Crippen molar-refractivity contribution in [3.63, 3.8) is 0 Å². The summed E-state index contributed by atoms with van der Waals surface area (Å²) in [6, 6.07) is 14.1. The molecule has 0 aromatic heterocycles. The molecule has 2 atom stereocenters. The molecule has 1 aliphatic rings. The van der Waals surface area contributed by atoms with Crippen molar-refractivity contribution >= 4 is 29.3 Å². The van der Waals surface area contributed by atoms with Gasteiger partial charge in [0, 0.05) is 16.6 Å². The number of esters is 1. The van der Waals surface area contributed by atoms with Crippen molar-refractivity contribution in [2.75, 3.05) is 10.7 Å². The normalized spacial score (nSPS) is 16.7. The number of thioether (sulfide) groups is 1. The lowest BCUT2D eigenvalue weighted by molar-refractivity contribution is -0.151. The number of hydrogen-bond donors (Lipinski definition) is 0. The number of benzene rings is 2. The van der Waals surface area contributed by atoms with Crippen LogP contribution < -0.4 is 4.90 Å². The Labute approximate surface area is 164 Å². The average Bonchev–Trinajstić information content (AvgIpc) is 2.96. The molecule has 0 fully saturated rings. The minimum absolute atomic E-state index is 0.0700. The molecule has 0 bridgehead atoms. The van der Waals surface area contributed by atoms with Crippen molar-refractivity contribution < 1.29 is 14.3 Å². The molecule has 1 aliphatic heterocycles. The van der Waals surface area contributed by atoms with Gasteiger partial charge in [0.1, 0.15) is 0 Å². The Morgan fingerprint density at radius 3 is 2.70 bits per heavy atom. The zero-order valence-corrected chi connectivity index (χ0v) is 17.0. The Balaban J connectivity index is 1.59. The fourth-order valence-electron chi connectivity index (χ4n) is 3.48. The number of nitrogens with zero attached hydrogens (tertiary/aromatic N) is 1. The monoisotopic (exact) mass is 383 g/mol. The molecule has 1 amide bonds. The molecule has 4 nitrogen and oxygen atoms in total. The number of aryl methyl sites for hydroxylation is 2. The fraction of sp³-hybridized carbons (Fsp3) is 0.364. The van der Waals surface area contributed by atoms with E-state index in [1.54, 1.807) is 11.8 Å². The van der Waals surface area contributed by atoms with E-state index in [4.69, 9.17) is 4.74 Å². The van der Waals surface area contributed by atoms with Gasteiger partial charge in [-0.3, -0.25) is 9.59 Å². The third kappa shape index (κ3) is 4.35. The molecule has 27 heavy (non-hydrogen) atoms. The molecular formula is C22H25NO3S. The van der Waals surface area contributed by atoms with Crippen LogP contribution in [0.15, 0.2) is 47.4 Å². The summed E-state index contributed by atoms with van der Waals surface area (Å²) in [5.41, 5.74) is 4.41. The second kappa shape index (κ2) is 8.17. The Kier molecular flexibility index (Phi) is 5.90. The summed E-state index contributed by atoms with van der Waals surface area (Å²) >= 11 is 1.44. The number of anilines is 1. The molecule has 2 aromatic rings. The van der Waals surface area contributed by atoms with Gasteiger partial charge in [0.25, 0.3) is 5.91 Å². The number of carbonyl (C=O) groups excluding carboxylic acids is 2. The first-order chi connectivity index (χ1) is 12.9. The second-order valence-electron chi connectivity index (χ2n) is 7.08. The van der Waals surface area contributed by atoms with E-state index >= 15 is 0 Å². The summed E-state index contributed by atoms with van der Waals surface area (Å²) in [7, 11) is 0. The summed E-state index contributed by atoms with van der Waals surface area (Å²) in [6.45, 7) is 7.73. The molecule has 142 valence electrons. The molecule has 0 spiro atoms. The van der Waals surface area contributed by atoms with Crippen LogP contribution in [0.2, 0.25) is 0 Å². The van der Waals surface area contributed by atoms with Gasteiger partial charge in [-0.2, -0.15) is 0 Å². The molecule has 0 unspecified atom stereocenters. The Morgan fingerprint density at radius 1 is 1.22 bits per heavy atom. The van der Waals surface area contributed by atoms with E-state index < -0.39 is 6.10 Å². The smallest absolute Gasteiger partial charge is 0.317 e. The van der Waals surface area contributed by atoms with Crippen LogP contribution in [0.5, 0.6) is 0 Å². The first-order valence-electron chi connectivity index (χ1n) is 9.17. The fourth-order valence-corrected chi connectivity index (χ4v) is 4.27. The van der Waals surface area contributed by atoms with Crippen molar-refractivity contribution in [2.45, 2.75) is 51.2 Å². The Morgan fingerprint density at radius 2 is 1.96 bits per heavy atom. The molecular weight excluding hydrogens is 358 g/mol. The lowest BCUT2D eigenvalue weighted by Gasteiger charge is -2.25. The minimum atomic E-state index is -0.800. The Hall–Kier alpha value is -2.27. The number of rotatable bonds is 5. The van der Waals surface area contributed by atoms with Crippen LogP contribution in [-0.2, 0) is 20.7 Å². The number of hydrogen-bond acceptors (Lipinski definition) is 4. The standard InChI is InChI=1S/C22H25NO3S/c1-14-9-10-20(15(2)11-14)27-13-21(24)26-17(4)22(25)23-16(3)12-18-7-5-6-8-19(18)23/h5-11,16-17H,12-13H2,1-4H3/t16-,17-/m0/s1. The summed E-state index contributed by atoms with van der Waals surface area (Å²) in [5.74, 6) is -0.355. The van der Waals surface area contributed by atoms with Crippen LogP contribution in [0.3, 0.4) is 0 Å². The molecule has 0 saturated heterocycles. The van der Waals surface area contributed by atoms with Gasteiger partial charge in [0.15, 0.2) is 6.10 Å². The van der Waals surface area contributed by atoms with E-state index in [0.29, 0.717) is 0 Å².